The van der Waals surface area contributed by atoms with Gasteiger partial charge in [-0.25, -0.2) is 0 Å². The predicted molar refractivity (Wildman–Crippen MR) is 99.0 cm³/mol. The number of amides is 2. The molecular weight excluding hydrogens is 411 g/mol. The van der Waals surface area contributed by atoms with Crippen LogP contribution < -0.4 is 16.0 Å². The van der Waals surface area contributed by atoms with E-state index in [2.05, 4.69) is 5.32 Å². The Morgan fingerprint density at radius 3 is 2.60 bits per heavy atom. The van der Waals surface area contributed by atoms with E-state index in [1.165, 1.54) is 12.4 Å². The molecule has 0 radical (unpaired) electrons. The average Bonchev–Trinajstić information content (AvgIpc) is 2.68. The van der Waals surface area contributed by atoms with Gasteiger partial charge in [-0.3, -0.25) is 19.7 Å². The number of aliphatic hydroxyl groups excluding tert-OH is 1. The minimum Gasteiger partial charge on any atom is -0.394 e. The monoisotopic (exact) mass is 431 g/mol. The Bertz CT molecular complexity index is 846. The molecule has 1 heterocycles. The molecule has 0 saturated heterocycles. The highest BCUT2D eigenvalue weighted by Gasteiger charge is 2.38. The number of carbonyl (C=O) groups excluding carboxylic acids is 2. The SMILES string of the molecule is NCCCNC(=O)CN1C=CN(c2ccc(C(F)(F)F)cc2[N+](=O)[O-])[C@@H](CO)C1=O. The third-order valence-electron chi connectivity index (χ3n) is 4.28. The van der Waals surface area contributed by atoms with Gasteiger partial charge < -0.3 is 26.0 Å². The molecule has 4 N–H and O–H groups in total. The number of nitro benzene ring substituents is 1. The molecule has 1 aromatic rings. The Morgan fingerprint density at radius 1 is 1.33 bits per heavy atom. The summed E-state index contributed by atoms with van der Waals surface area (Å²) in [6.45, 7) is -0.462. The fraction of sp³-hybridized carbons (Fsp3) is 0.412. The van der Waals surface area contributed by atoms with Crippen LogP contribution in [0.4, 0.5) is 24.5 Å². The molecule has 1 aliphatic heterocycles. The van der Waals surface area contributed by atoms with Gasteiger partial charge in [0.05, 0.1) is 17.1 Å². The van der Waals surface area contributed by atoms with Crippen LogP contribution in [-0.2, 0) is 15.8 Å². The van der Waals surface area contributed by atoms with Gasteiger partial charge in [0, 0.05) is 25.0 Å². The lowest BCUT2D eigenvalue weighted by Gasteiger charge is -2.35. The number of hydrogen-bond acceptors (Lipinski definition) is 7. The van der Waals surface area contributed by atoms with Crippen molar-refractivity contribution in [3.8, 4) is 0 Å². The van der Waals surface area contributed by atoms with Crippen molar-refractivity contribution in [2.45, 2.75) is 18.6 Å². The van der Waals surface area contributed by atoms with Crippen LogP contribution in [-0.4, -0.2) is 59.0 Å². The molecule has 0 fully saturated rings. The summed E-state index contributed by atoms with van der Waals surface area (Å²) in [6, 6.07) is 0.504. The number of aliphatic hydroxyl groups is 1. The second-order valence-corrected chi connectivity index (χ2v) is 6.32. The van der Waals surface area contributed by atoms with Crippen LogP contribution in [0.3, 0.4) is 0 Å². The quantitative estimate of drug-likeness (QED) is 0.310. The van der Waals surface area contributed by atoms with E-state index in [0.29, 0.717) is 31.6 Å². The molecule has 164 valence electrons. The summed E-state index contributed by atoms with van der Waals surface area (Å²) in [5, 5.41) is 23.5. The molecule has 1 aliphatic rings. The lowest BCUT2D eigenvalue weighted by molar-refractivity contribution is -0.384. The van der Waals surface area contributed by atoms with Crippen molar-refractivity contribution in [3.63, 3.8) is 0 Å². The van der Waals surface area contributed by atoms with Crippen molar-refractivity contribution >= 4 is 23.2 Å². The Morgan fingerprint density at radius 2 is 2.03 bits per heavy atom. The van der Waals surface area contributed by atoms with Gasteiger partial charge in [0.2, 0.25) is 5.91 Å². The van der Waals surface area contributed by atoms with Crippen molar-refractivity contribution in [1.82, 2.24) is 10.2 Å². The van der Waals surface area contributed by atoms with Crippen molar-refractivity contribution in [2.24, 2.45) is 5.73 Å². The van der Waals surface area contributed by atoms with E-state index in [1.807, 2.05) is 0 Å². The van der Waals surface area contributed by atoms with Gasteiger partial charge in [0.1, 0.15) is 18.3 Å². The summed E-state index contributed by atoms with van der Waals surface area (Å²) >= 11 is 0. The topological polar surface area (TPSA) is 142 Å². The van der Waals surface area contributed by atoms with E-state index in [1.54, 1.807) is 0 Å². The van der Waals surface area contributed by atoms with Gasteiger partial charge in [-0.2, -0.15) is 13.2 Å². The van der Waals surface area contributed by atoms with E-state index in [4.69, 9.17) is 5.73 Å². The number of alkyl halides is 3. The standard InChI is InChI=1S/C17H20F3N5O5/c18-17(19,20)11-2-3-12(13(8-11)25(29)30)24-7-6-23(16(28)14(24)10-26)9-15(27)22-5-1-4-21/h2-3,6-8,14,26H,1,4-5,9-10,21H2,(H,22,27)/t14-/m0/s1. The van der Waals surface area contributed by atoms with E-state index in [-0.39, 0.29) is 12.2 Å². The van der Waals surface area contributed by atoms with Gasteiger partial charge in [0.15, 0.2) is 0 Å². The number of rotatable bonds is 8. The lowest BCUT2D eigenvalue weighted by atomic mass is 10.1. The number of nitrogens with two attached hydrogens (primary N) is 1. The zero-order valence-electron chi connectivity index (χ0n) is 15.6. The van der Waals surface area contributed by atoms with Crippen molar-refractivity contribution in [1.29, 1.82) is 0 Å². The number of anilines is 1. The Hall–Kier alpha value is -3.19. The van der Waals surface area contributed by atoms with Gasteiger partial charge in [0.25, 0.3) is 11.6 Å². The van der Waals surface area contributed by atoms with Crippen LogP contribution in [0.2, 0.25) is 0 Å². The summed E-state index contributed by atoms with van der Waals surface area (Å²) in [6.07, 6.45) is -1.90. The van der Waals surface area contributed by atoms with Crippen LogP contribution in [0.15, 0.2) is 30.6 Å². The van der Waals surface area contributed by atoms with E-state index < -0.39 is 46.8 Å². The highest BCUT2D eigenvalue weighted by Crippen LogP contribution is 2.38. The minimum atomic E-state index is -4.79. The predicted octanol–water partition coefficient (Wildman–Crippen LogP) is 0.559. The molecule has 1 aromatic carbocycles. The zero-order chi connectivity index (χ0) is 22.5. The van der Waals surface area contributed by atoms with Crippen LogP contribution in [0.25, 0.3) is 0 Å². The van der Waals surface area contributed by atoms with Gasteiger partial charge in [-0.05, 0) is 25.1 Å². The fourth-order valence-corrected chi connectivity index (χ4v) is 2.79. The molecule has 0 aromatic heterocycles. The molecule has 10 nitrogen and oxygen atoms in total. The zero-order valence-corrected chi connectivity index (χ0v) is 15.6. The smallest absolute Gasteiger partial charge is 0.394 e. The first-order valence-corrected chi connectivity index (χ1v) is 8.80. The maximum atomic E-state index is 12.9. The number of benzene rings is 1. The molecule has 0 bridgehead atoms. The van der Waals surface area contributed by atoms with Crippen LogP contribution >= 0.6 is 0 Å². The van der Waals surface area contributed by atoms with E-state index in [9.17, 15) is 38.0 Å². The second-order valence-electron chi connectivity index (χ2n) is 6.32. The van der Waals surface area contributed by atoms with Crippen LogP contribution in [0.5, 0.6) is 0 Å². The summed E-state index contributed by atoms with van der Waals surface area (Å²) in [4.78, 5) is 36.9. The highest BCUT2D eigenvalue weighted by molar-refractivity contribution is 5.92. The Kier molecular flexibility index (Phi) is 7.34. The molecule has 0 unspecified atom stereocenters. The summed E-state index contributed by atoms with van der Waals surface area (Å²) < 4.78 is 38.7. The maximum absolute atomic E-state index is 12.9. The van der Waals surface area contributed by atoms with Crippen molar-refractivity contribution in [2.75, 3.05) is 31.1 Å². The van der Waals surface area contributed by atoms with Gasteiger partial charge in [-0.1, -0.05) is 0 Å². The van der Waals surface area contributed by atoms with E-state index >= 15 is 0 Å². The molecule has 0 spiro atoms. The minimum absolute atomic E-state index is 0.302. The molecule has 1 atom stereocenters. The first-order chi connectivity index (χ1) is 14.1. The molecule has 2 rings (SSSR count). The summed E-state index contributed by atoms with van der Waals surface area (Å²) in [7, 11) is 0. The van der Waals surface area contributed by atoms with Crippen LogP contribution in [0, 0.1) is 10.1 Å². The fourth-order valence-electron chi connectivity index (χ4n) is 2.79. The third kappa shape index (κ3) is 5.24. The largest absolute Gasteiger partial charge is 0.416 e. The van der Waals surface area contributed by atoms with Crippen molar-refractivity contribution < 1.29 is 32.8 Å². The molecular formula is C17H20F3N5O5. The van der Waals surface area contributed by atoms with Crippen molar-refractivity contribution in [3.05, 3.63) is 46.3 Å². The molecule has 13 heteroatoms. The first-order valence-electron chi connectivity index (χ1n) is 8.80. The van der Waals surface area contributed by atoms with Gasteiger partial charge >= 0.3 is 6.18 Å². The van der Waals surface area contributed by atoms with Crippen LogP contribution in [0.1, 0.15) is 12.0 Å². The molecule has 2 amide bonds. The second kappa shape index (κ2) is 9.54. The van der Waals surface area contributed by atoms with E-state index in [0.717, 1.165) is 15.9 Å². The summed E-state index contributed by atoms with van der Waals surface area (Å²) in [5.74, 6) is -1.23. The maximum Gasteiger partial charge on any atom is 0.416 e. The number of nitro groups is 1. The number of carbonyl (C=O) groups is 2. The Balaban J connectivity index is 2.31. The normalized spacial score (nSPS) is 16.7. The highest BCUT2D eigenvalue weighted by atomic mass is 19.4. The molecule has 0 saturated carbocycles. The Labute approximate surface area is 168 Å². The molecule has 0 aliphatic carbocycles. The molecule has 30 heavy (non-hydrogen) atoms. The number of nitrogens with zero attached hydrogens (tertiary/aromatic N) is 3. The lowest BCUT2D eigenvalue weighted by Crippen LogP contribution is -2.53. The number of halogens is 3. The van der Waals surface area contributed by atoms with Gasteiger partial charge in [-0.15, -0.1) is 0 Å². The third-order valence-corrected chi connectivity index (χ3v) is 4.28. The number of hydrogen-bond donors (Lipinski definition) is 3. The number of nitrogens with one attached hydrogen (secondary N) is 1. The average molecular weight is 431 g/mol. The first kappa shape index (κ1) is 23.1. The summed E-state index contributed by atoms with van der Waals surface area (Å²) in [5.41, 5.74) is 2.92.